The van der Waals surface area contributed by atoms with Crippen LogP contribution in [0.1, 0.15) is 6.92 Å². The normalized spacial score (nSPS) is 18.6. The molecular formula is C14H20N6O3. The second-order valence-electron chi connectivity index (χ2n) is 5.90. The Balaban J connectivity index is 2.03. The molecule has 0 aromatic carbocycles. The third kappa shape index (κ3) is 2.46. The van der Waals surface area contributed by atoms with Gasteiger partial charge in [-0.1, -0.05) is 0 Å². The predicted molar refractivity (Wildman–Crippen MR) is 84.3 cm³/mol. The van der Waals surface area contributed by atoms with Crippen molar-refractivity contribution in [3.8, 4) is 0 Å². The van der Waals surface area contributed by atoms with E-state index in [-0.39, 0.29) is 18.5 Å². The monoisotopic (exact) mass is 320 g/mol. The molecule has 9 nitrogen and oxygen atoms in total. The van der Waals surface area contributed by atoms with Crippen LogP contribution in [0.4, 0.5) is 0 Å². The first-order valence-electron chi connectivity index (χ1n) is 7.53. The van der Waals surface area contributed by atoms with Gasteiger partial charge in [0.05, 0.1) is 6.33 Å². The van der Waals surface area contributed by atoms with Crippen LogP contribution in [0.5, 0.6) is 0 Å². The van der Waals surface area contributed by atoms with Crippen LogP contribution >= 0.6 is 0 Å². The molecule has 2 aromatic heterocycles. The van der Waals surface area contributed by atoms with Gasteiger partial charge in [-0.25, -0.2) is 14.3 Å². The summed E-state index contributed by atoms with van der Waals surface area (Å²) in [7, 11) is 3.23. The quantitative estimate of drug-likeness (QED) is 0.708. The molecule has 1 saturated heterocycles. The van der Waals surface area contributed by atoms with Gasteiger partial charge < -0.3 is 14.8 Å². The van der Waals surface area contributed by atoms with Crippen LogP contribution in [0, 0.1) is 0 Å². The Morgan fingerprint density at radius 3 is 2.83 bits per heavy atom. The van der Waals surface area contributed by atoms with E-state index in [0.717, 1.165) is 4.57 Å². The Hall–Kier alpha value is -2.42. The van der Waals surface area contributed by atoms with E-state index in [1.54, 1.807) is 23.6 Å². The zero-order chi connectivity index (χ0) is 16.7. The molecule has 0 radical (unpaired) electrons. The van der Waals surface area contributed by atoms with Crippen molar-refractivity contribution in [2.45, 2.75) is 19.5 Å². The van der Waals surface area contributed by atoms with E-state index in [4.69, 9.17) is 0 Å². The van der Waals surface area contributed by atoms with E-state index < -0.39 is 11.2 Å². The fourth-order valence-corrected chi connectivity index (χ4v) is 2.97. The number of nitrogens with one attached hydrogen (secondary N) is 1. The van der Waals surface area contributed by atoms with Crippen molar-refractivity contribution in [1.82, 2.24) is 28.9 Å². The summed E-state index contributed by atoms with van der Waals surface area (Å²) < 4.78 is 3.85. The lowest BCUT2D eigenvalue weighted by Gasteiger charge is -2.34. The van der Waals surface area contributed by atoms with Gasteiger partial charge in [0, 0.05) is 39.8 Å². The van der Waals surface area contributed by atoms with Gasteiger partial charge in [0.2, 0.25) is 5.91 Å². The van der Waals surface area contributed by atoms with Crippen LogP contribution in [0.25, 0.3) is 11.2 Å². The number of piperazine rings is 1. The molecule has 1 amide bonds. The summed E-state index contributed by atoms with van der Waals surface area (Å²) >= 11 is 0. The van der Waals surface area contributed by atoms with E-state index in [2.05, 4.69) is 10.3 Å². The van der Waals surface area contributed by atoms with E-state index in [0.29, 0.717) is 30.8 Å². The Labute approximate surface area is 132 Å². The first-order chi connectivity index (χ1) is 10.9. The molecule has 9 heteroatoms. The van der Waals surface area contributed by atoms with Gasteiger partial charge in [-0.05, 0) is 6.92 Å². The van der Waals surface area contributed by atoms with Crippen molar-refractivity contribution in [3.63, 3.8) is 0 Å². The SMILES string of the molecule is CC1CNCCN1C(=O)Cn1c(=O)c2c(ncn2C)n(C)c1=O. The van der Waals surface area contributed by atoms with Crippen LogP contribution in [0.3, 0.4) is 0 Å². The number of rotatable bonds is 2. The largest absolute Gasteiger partial charge is 0.336 e. The molecule has 0 spiro atoms. The van der Waals surface area contributed by atoms with Gasteiger partial charge in [-0.2, -0.15) is 0 Å². The van der Waals surface area contributed by atoms with E-state index >= 15 is 0 Å². The number of carbonyl (C=O) groups is 1. The van der Waals surface area contributed by atoms with Gasteiger partial charge >= 0.3 is 5.69 Å². The van der Waals surface area contributed by atoms with E-state index in [1.807, 2.05) is 6.92 Å². The second-order valence-corrected chi connectivity index (χ2v) is 5.90. The van der Waals surface area contributed by atoms with Crippen LogP contribution in [-0.4, -0.2) is 55.2 Å². The molecule has 1 N–H and O–H groups in total. The van der Waals surface area contributed by atoms with Gasteiger partial charge in [0.15, 0.2) is 11.2 Å². The summed E-state index contributed by atoms with van der Waals surface area (Å²) in [5.74, 6) is -0.222. The zero-order valence-corrected chi connectivity index (χ0v) is 13.4. The third-order valence-electron chi connectivity index (χ3n) is 4.32. The summed E-state index contributed by atoms with van der Waals surface area (Å²) in [5, 5.41) is 3.20. The zero-order valence-electron chi connectivity index (χ0n) is 13.4. The highest BCUT2D eigenvalue weighted by molar-refractivity contribution is 5.77. The van der Waals surface area contributed by atoms with Gasteiger partial charge in [0.1, 0.15) is 6.54 Å². The molecule has 0 saturated carbocycles. The first kappa shape index (κ1) is 15.5. The molecule has 1 aliphatic rings. The van der Waals surface area contributed by atoms with E-state index in [9.17, 15) is 14.4 Å². The second kappa shape index (κ2) is 5.65. The van der Waals surface area contributed by atoms with Crippen LogP contribution in [0.15, 0.2) is 15.9 Å². The molecule has 3 heterocycles. The fraction of sp³-hybridized carbons (Fsp3) is 0.571. The highest BCUT2D eigenvalue weighted by Gasteiger charge is 2.25. The Morgan fingerprint density at radius 1 is 1.39 bits per heavy atom. The number of aromatic nitrogens is 4. The molecule has 1 fully saturated rings. The number of imidazole rings is 1. The molecule has 2 aromatic rings. The minimum atomic E-state index is -0.530. The number of amides is 1. The molecule has 1 atom stereocenters. The van der Waals surface area contributed by atoms with Gasteiger partial charge in [-0.15, -0.1) is 0 Å². The van der Waals surface area contributed by atoms with Crippen LogP contribution in [-0.2, 0) is 25.4 Å². The Kier molecular flexibility index (Phi) is 3.80. The van der Waals surface area contributed by atoms with Crippen molar-refractivity contribution in [2.75, 3.05) is 19.6 Å². The molecule has 0 aliphatic carbocycles. The first-order valence-corrected chi connectivity index (χ1v) is 7.53. The summed E-state index contributed by atoms with van der Waals surface area (Å²) in [5.41, 5.74) is -0.383. The highest BCUT2D eigenvalue weighted by atomic mass is 16.2. The lowest BCUT2D eigenvalue weighted by atomic mass is 10.2. The van der Waals surface area contributed by atoms with Crippen molar-refractivity contribution < 1.29 is 4.79 Å². The highest BCUT2D eigenvalue weighted by Crippen LogP contribution is 2.05. The molecular weight excluding hydrogens is 300 g/mol. The maximum atomic E-state index is 12.6. The summed E-state index contributed by atoms with van der Waals surface area (Å²) in [6.45, 7) is 3.68. The minimum Gasteiger partial charge on any atom is -0.336 e. The molecule has 3 rings (SSSR count). The van der Waals surface area contributed by atoms with Crippen molar-refractivity contribution >= 4 is 17.1 Å². The van der Waals surface area contributed by atoms with Crippen LogP contribution < -0.4 is 16.6 Å². The predicted octanol–water partition coefficient (Wildman–Crippen LogP) is -1.75. The lowest BCUT2D eigenvalue weighted by Crippen LogP contribution is -2.54. The fourth-order valence-electron chi connectivity index (χ4n) is 2.97. The van der Waals surface area contributed by atoms with Gasteiger partial charge in [0.25, 0.3) is 5.56 Å². The number of hydrogen-bond donors (Lipinski definition) is 1. The minimum absolute atomic E-state index is 0.0382. The average molecular weight is 320 g/mol. The van der Waals surface area contributed by atoms with Crippen LogP contribution in [0.2, 0.25) is 0 Å². The standard InChI is InChI=1S/C14H20N6O3/c1-9-6-15-4-5-19(9)10(21)7-20-13(22)11-12(16-8-17(11)2)18(3)14(20)23/h8-9,15H,4-7H2,1-3H3. The maximum Gasteiger partial charge on any atom is 0.332 e. The maximum absolute atomic E-state index is 12.6. The number of aryl methyl sites for hydroxylation is 2. The smallest absolute Gasteiger partial charge is 0.332 e. The van der Waals surface area contributed by atoms with Crippen molar-refractivity contribution in [3.05, 3.63) is 27.2 Å². The Morgan fingerprint density at radius 2 is 2.13 bits per heavy atom. The Bertz CT molecular complexity index is 877. The lowest BCUT2D eigenvalue weighted by molar-refractivity contribution is -0.134. The summed E-state index contributed by atoms with van der Waals surface area (Å²) in [6, 6.07) is 0.0382. The summed E-state index contributed by atoms with van der Waals surface area (Å²) in [6.07, 6.45) is 1.48. The van der Waals surface area contributed by atoms with Crippen molar-refractivity contribution in [2.24, 2.45) is 14.1 Å². The molecule has 23 heavy (non-hydrogen) atoms. The molecule has 1 aliphatic heterocycles. The molecule has 124 valence electrons. The summed E-state index contributed by atoms with van der Waals surface area (Å²) in [4.78, 5) is 43.3. The number of carbonyl (C=O) groups excluding carboxylic acids is 1. The number of hydrogen-bond acceptors (Lipinski definition) is 5. The average Bonchev–Trinajstić information content (AvgIpc) is 2.91. The van der Waals surface area contributed by atoms with E-state index in [1.165, 1.54) is 10.9 Å². The number of nitrogens with zero attached hydrogens (tertiary/aromatic N) is 5. The molecule has 0 bridgehead atoms. The van der Waals surface area contributed by atoms with Gasteiger partial charge in [-0.3, -0.25) is 14.2 Å². The number of fused-ring (bicyclic) bond motifs is 1. The third-order valence-corrected chi connectivity index (χ3v) is 4.32. The topological polar surface area (TPSA) is 94.2 Å². The van der Waals surface area contributed by atoms with Crippen molar-refractivity contribution in [1.29, 1.82) is 0 Å². The molecule has 1 unspecified atom stereocenters.